The number of carboxylic acids is 1. The van der Waals surface area contributed by atoms with Crippen molar-refractivity contribution in [1.82, 2.24) is 0 Å². The number of likely N-dealkylation sites (N-methyl/N-ethyl adjacent to an activating group) is 1. The van der Waals surface area contributed by atoms with Gasteiger partial charge in [-0.25, -0.2) is 4.79 Å². The molecule has 0 amide bonds. The minimum absolute atomic E-state index is 0.176. The van der Waals surface area contributed by atoms with Gasteiger partial charge in [-0.1, -0.05) is 224 Å². The standard InChI is InChI=1S/C68H109NO8/c1-6-8-10-12-14-16-18-20-22-23-24-25-26-27-28-29-30-31-32-33-34-35-36-37-38-39-40-41-42-43-45-47-49-51-53-55-57-59-66(71)77-64(63-76-68(67(72)73)74-61-60-69(3,4)5)62-75-65(70)58-56-54-52-50-48-46-44-21-19-17-15-13-11-9-7-2/h8-11,14-17,20-22,24-25,27-28,30-31,33-34,36-37,39-40,44,64,68H,6-7,12-13,18-19,23,26,29,32,35,38,41-43,45-63H2,1-5H3/p+1/b10-8-,11-9-,16-14-,17-15-,22-20-,25-24-,28-27-,31-30-,34-33-,37-36-,40-39-,44-21-. The zero-order valence-electron chi connectivity index (χ0n) is 49.3. The number of hydrogen-bond donors (Lipinski definition) is 1. The molecule has 0 heterocycles. The molecule has 77 heavy (non-hydrogen) atoms. The topological polar surface area (TPSA) is 108 Å². The Morgan fingerprint density at radius 1 is 0.390 bits per heavy atom. The maximum atomic E-state index is 12.9. The lowest BCUT2D eigenvalue weighted by molar-refractivity contribution is -0.870. The van der Waals surface area contributed by atoms with Crippen molar-refractivity contribution in [1.29, 1.82) is 0 Å². The van der Waals surface area contributed by atoms with Gasteiger partial charge < -0.3 is 28.5 Å². The summed E-state index contributed by atoms with van der Waals surface area (Å²) in [6.45, 7) is 4.60. The maximum Gasteiger partial charge on any atom is 0.361 e. The number of ether oxygens (including phenoxy) is 4. The number of carbonyl (C=O) groups excluding carboxylic acids is 2. The van der Waals surface area contributed by atoms with Gasteiger partial charge in [-0.3, -0.25) is 9.59 Å². The van der Waals surface area contributed by atoms with Crippen molar-refractivity contribution in [2.24, 2.45) is 0 Å². The second-order valence-corrected chi connectivity index (χ2v) is 20.5. The minimum Gasteiger partial charge on any atom is -0.477 e. The molecule has 0 fully saturated rings. The van der Waals surface area contributed by atoms with E-state index < -0.39 is 24.3 Å². The van der Waals surface area contributed by atoms with Crippen LogP contribution in [0.4, 0.5) is 0 Å². The SMILES string of the molecule is CC/C=C\C/C=C\C/C=C\C/C=C\C/C=C\C/C=C\C/C=C\C/C=C\C/C=C\CCCCCCCCCCCC(=O)OC(COC(=O)CCCCCCC/C=C\C/C=C\C/C=C\CC)COC(OCC[N+](C)(C)C)C(=O)O. The van der Waals surface area contributed by atoms with Crippen LogP contribution in [0.3, 0.4) is 0 Å². The highest BCUT2D eigenvalue weighted by Gasteiger charge is 2.25. The van der Waals surface area contributed by atoms with Crippen molar-refractivity contribution >= 4 is 17.9 Å². The lowest BCUT2D eigenvalue weighted by Gasteiger charge is -2.25. The summed E-state index contributed by atoms with van der Waals surface area (Å²) in [5, 5.41) is 9.70. The highest BCUT2D eigenvalue weighted by atomic mass is 16.7. The van der Waals surface area contributed by atoms with Crippen molar-refractivity contribution in [2.45, 2.75) is 219 Å². The average Bonchev–Trinajstić information content (AvgIpc) is 3.40. The Balaban J connectivity index is 4.21. The number of esters is 2. The molecule has 1 N–H and O–H groups in total. The zero-order chi connectivity index (χ0) is 56.2. The first-order valence-electron chi connectivity index (χ1n) is 30.0. The average molecular weight is 1070 g/mol. The van der Waals surface area contributed by atoms with E-state index in [0.29, 0.717) is 17.4 Å². The Morgan fingerprint density at radius 3 is 1.04 bits per heavy atom. The van der Waals surface area contributed by atoms with Gasteiger partial charge >= 0.3 is 17.9 Å². The molecule has 9 heteroatoms. The fourth-order valence-electron chi connectivity index (χ4n) is 7.55. The van der Waals surface area contributed by atoms with Gasteiger partial charge in [0.05, 0.1) is 34.4 Å². The first-order chi connectivity index (χ1) is 37.6. The van der Waals surface area contributed by atoms with Crippen LogP contribution in [0.5, 0.6) is 0 Å². The summed E-state index contributed by atoms with van der Waals surface area (Å²) in [6, 6.07) is 0. The number of hydrogen-bond acceptors (Lipinski definition) is 7. The van der Waals surface area contributed by atoms with Gasteiger partial charge in [-0.05, 0) is 116 Å². The second kappa shape index (κ2) is 57.3. The first-order valence-corrected chi connectivity index (χ1v) is 30.0. The lowest BCUT2D eigenvalue weighted by atomic mass is 10.1. The summed E-state index contributed by atoms with van der Waals surface area (Å²) in [6.07, 6.45) is 80.8. The first kappa shape index (κ1) is 72.2. The number of rotatable bonds is 53. The normalized spacial score (nSPS) is 13.8. The molecule has 2 unspecified atom stereocenters. The number of carbonyl (C=O) groups is 3. The molecule has 9 nitrogen and oxygen atoms in total. The molecule has 0 aromatic carbocycles. The molecule has 0 spiro atoms. The van der Waals surface area contributed by atoms with Crippen LogP contribution in [0, 0.1) is 0 Å². The monoisotopic (exact) mass is 1070 g/mol. The third-order valence-electron chi connectivity index (χ3n) is 12.1. The Kier molecular flexibility index (Phi) is 53.8. The van der Waals surface area contributed by atoms with E-state index in [2.05, 4.69) is 160 Å². The molecule has 0 aliphatic rings. The third kappa shape index (κ3) is 58.7. The largest absolute Gasteiger partial charge is 0.477 e. The minimum atomic E-state index is -1.52. The van der Waals surface area contributed by atoms with Crippen LogP contribution in [0.25, 0.3) is 0 Å². The number of aliphatic carboxylic acids is 1. The fourth-order valence-corrected chi connectivity index (χ4v) is 7.55. The van der Waals surface area contributed by atoms with Gasteiger partial charge in [-0.15, -0.1) is 0 Å². The summed E-state index contributed by atoms with van der Waals surface area (Å²) >= 11 is 0. The van der Waals surface area contributed by atoms with E-state index in [-0.39, 0.29) is 38.6 Å². The van der Waals surface area contributed by atoms with Gasteiger partial charge in [0.2, 0.25) is 0 Å². The molecule has 0 saturated heterocycles. The van der Waals surface area contributed by atoms with Crippen molar-refractivity contribution in [3.8, 4) is 0 Å². The van der Waals surface area contributed by atoms with Crippen LogP contribution in [0.2, 0.25) is 0 Å². The number of quaternary nitrogens is 1. The predicted molar refractivity (Wildman–Crippen MR) is 327 cm³/mol. The summed E-state index contributed by atoms with van der Waals surface area (Å²) < 4.78 is 22.8. The summed E-state index contributed by atoms with van der Waals surface area (Å²) in [4.78, 5) is 37.4. The number of unbranched alkanes of at least 4 members (excludes halogenated alkanes) is 14. The number of allylic oxidation sites excluding steroid dienone is 24. The molecule has 0 rings (SSSR count). The molecule has 0 aliphatic carbocycles. The van der Waals surface area contributed by atoms with Crippen molar-refractivity contribution in [3.63, 3.8) is 0 Å². The molecular formula is C68H110NO8+. The van der Waals surface area contributed by atoms with Gasteiger partial charge in [0, 0.05) is 12.8 Å². The third-order valence-corrected chi connectivity index (χ3v) is 12.1. The number of carboxylic acid groups (broad SMARTS) is 1. The van der Waals surface area contributed by atoms with Crippen LogP contribution in [-0.2, 0) is 33.3 Å². The number of nitrogens with zero attached hydrogens (tertiary/aromatic N) is 1. The molecular weight excluding hydrogens is 959 g/mol. The van der Waals surface area contributed by atoms with Crippen LogP contribution in [0.1, 0.15) is 206 Å². The molecule has 0 aromatic rings. The Labute approximate surface area is 471 Å². The van der Waals surface area contributed by atoms with Crippen molar-refractivity contribution in [2.75, 3.05) is 47.5 Å². The van der Waals surface area contributed by atoms with Crippen molar-refractivity contribution in [3.05, 3.63) is 146 Å². The van der Waals surface area contributed by atoms with Gasteiger partial charge in [0.15, 0.2) is 6.10 Å². The fraction of sp³-hybridized carbons (Fsp3) is 0.603. The van der Waals surface area contributed by atoms with E-state index in [4.69, 9.17) is 18.9 Å². The van der Waals surface area contributed by atoms with Crippen LogP contribution >= 0.6 is 0 Å². The lowest BCUT2D eigenvalue weighted by Crippen LogP contribution is -2.40. The van der Waals surface area contributed by atoms with E-state index in [1.165, 1.54) is 32.1 Å². The van der Waals surface area contributed by atoms with Gasteiger partial charge in [0.25, 0.3) is 6.29 Å². The Morgan fingerprint density at radius 2 is 0.701 bits per heavy atom. The second-order valence-electron chi connectivity index (χ2n) is 20.5. The maximum absolute atomic E-state index is 12.9. The summed E-state index contributed by atoms with van der Waals surface area (Å²) in [7, 11) is 5.95. The molecule has 0 bridgehead atoms. The van der Waals surface area contributed by atoms with Crippen LogP contribution in [-0.4, -0.2) is 87.4 Å². The molecule has 0 saturated carbocycles. The molecule has 0 aromatic heterocycles. The van der Waals surface area contributed by atoms with E-state index in [1.807, 2.05) is 21.1 Å². The van der Waals surface area contributed by atoms with Gasteiger partial charge in [-0.2, -0.15) is 0 Å². The Hall–Kier alpha value is -4.83. The molecule has 0 radical (unpaired) electrons. The zero-order valence-corrected chi connectivity index (χ0v) is 49.3. The van der Waals surface area contributed by atoms with Crippen molar-refractivity contribution < 1.29 is 42.9 Å². The van der Waals surface area contributed by atoms with Gasteiger partial charge in [0.1, 0.15) is 13.2 Å². The van der Waals surface area contributed by atoms with E-state index in [0.717, 1.165) is 141 Å². The van der Waals surface area contributed by atoms with E-state index in [1.54, 1.807) is 0 Å². The molecule has 0 aliphatic heterocycles. The Bertz CT molecular complexity index is 1770. The predicted octanol–water partition coefficient (Wildman–Crippen LogP) is 18.0. The highest BCUT2D eigenvalue weighted by Crippen LogP contribution is 2.14. The summed E-state index contributed by atoms with van der Waals surface area (Å²) in [5.74, 6) is -2.05. The molecule has 2 atom stereocenters. The smallest absolute Gasteiger partial charge is 0.361 e. The molecule has 434 valence electrons. The highest BCUT2D eigenvalue weighted by molar-refractivity contribution is 5.71. The van der Waals surface area contributed by atoms with E-state index >= 15 is 0 Å². The van der Waals surface area contributed by atoms with Crippen LogP contribution in [0.15, 0.2) is 146 Å². The quantitative estimate of drug-likeness (QED) is 0.0211. The van der Waals surface area contributed by atoms with Crippen LogP contribution < -0.4 is 0 Å². The summed E-state index contributed by atoms with van der Waals surface area (Å²) in [5.41, 5.74) is 0. The van der Waals surface area contributed by atoms with E-state index in [9.17, 15) is 19.5 Å².